The molecule has 2 N–H and O–H groups in total. The van der Waals surface area contributed by atoms with Gasteiger partial charge in [0.2, 0.25) is 11.8 Å². The Bertz CT molecular complexity index is 1700. The van der Waals surface area contributed by atoms with Crippen molar-refractivity contribution in [3.05, 3.63) is 136 Å². The van der Waals surface area contributed by atoms with E-state index in [1.165, 1.54) is 4.90 Å². The van der Waals surface area contributed by atoms with E-state index in [2.05, 4.69) is 5.32 Å². The van der Waals surface area contributed by atoms with Gasteiger partial charge in [0, 0.05) is 18.0 Å². The van der Waals surface area contributed by atoms with Gasteiger partial charge in [-0.25, -0.2) is 0 Å². The molecular weight excluding hydrogens is 642 g/mol. The van der Waals surface area contributed by atoms with Crippen LogP contribution in [0.1, 0.15) is 51.4 Å². The average molecular weight is 673 g/mol. The number of hydrogen-bond acceptors (Lipinski definition) is 4. The summed E-state index contributed by atoms with van der Waals surface area (Å²) < 4.78 is 80.8. The van der Waals surface area contributed by atoms with E-state index in [0.29, 0.717) is 28.2 Å². The number of amides is 2. The number of aliphatic hydroxyl groups excluding tert-OH is 1. The van der Waals surface area contributed by atoms with E-state index in [-0.39, 0.29) is 25.6 Å². The molecule has 4 aromatic carbocycles. The van der Waals surface area contributed by atoms with E-state index in [4.69, 9.17) is 0 Å². The third-order valence-electron chi connectivity index (χ3n) is 7.97. The van der Waals surface area contributed by atoms with Crippen LogP contribution in [0.2, 0.25) is 0 Å². The Morgan fingerprint density at radius 1 is 0.851 bits per heavy atom. The Balaban J connectivity index is 1.64. The van der Waals surface area contributed by atoms with Crippen LogP contribution in [0, 0.1) is 6.92 Å². The van der Waals surface area contributed by atoms with E-state index in [9.17, 15) is 41.0 Å². The van der Waals surface area contributed by atoms with Gasteiger partial charge in [0.25, 0.3) is 0 Å². The van der Waals surface area contributed by atoms with Gasteiger partial charge in [-0.1, -0.05) is 72.3 Å². The fraction of sp³-hybridized carbons (Fsp3) is 0.257. The molecule has 5 nitrogen and oxygen atoms in total. The molecule has 12 heteroatoms. The lowest BCUT2D eigenvalue weighted by Crippen LogP contribution is -2.48. The number of likely N-dealkylation sites (tertiary alicyclic amines) is 1. The molecule has 1 heterocycles. The molecule has 4 aromatic rings. The molecule has 1 aliphatic rings. The molecule has 1 saturated heterocycles. The minimum absolute atomic E-state index is 0.0367. The lowest BCUT2D eigenvalue weighted by Gasteiger charge is -2.37. The van der Waals surface area contributed by atoms with E-state index < -0.39 is 58.2 Å². The molecule has 1 fully saturated rings. The summed E-state index contributed by atoms with van der Waals surface area (Å²) in [5.41, 5.74) is -0.712. The average Bonchev–Trinajstić information content (AvgIpc) is 3.31. The number of benzene rings is 4. The Hall–Kier alpha value is -4.29. The van der Waals surface area contributed by atoms with Gasteiger partial charge >= 0.3 is 12.4 Å². The summed E-state index contributed by atoms with van der Waals surface area (Å²) in [5.74, 6) is -1.15. The van der Waals surface area contributed by atoms with Gasteiger partial charge < -0.3 is 15.3 Å². The number of nitrogens with one attached hydrogen (secondary N) is 1. The first-order chi connectivity index (χ1) is 22.2. The molecule has 2 amide bonds. The predicted octanol–water partition coefficient (Wildman–Crippen LogP) is 7.85. The van der Waals surface area contributed by atoms with Crippen molar-refractivity contribution in [3.63, 3.8) is 0 Å². The van der Waals surface area contributed by atoms with Crippen molar-refractivity contribution in [3.8, 4) is 0 Å². The van der Waals surface area contributed by atoms with Crippen molar-refractivity contribution < 1.29 is 41.0 Å². The number of thioether (sulfide) groups is 1. The molecule has 0 unspecified atom stereocenters. The summed E-state index contributed by atoms with van der Waals surface area (Å²) in [6.07, 6.45) is -10.5. The quantitative estimate of drug-likeness (QED) is 0.178. The molecule has 0 spiro atoms. The Labute approximate surface area is 271 Å². The number of alkyl halides is 6. The minimum atomic E-state index is -5.08. The highest BCUT2D eigenvalue weighted by molar-refractivity contribution is 8.01. The molecule has 47 heavy (non-hydrogen) atoms. The van der Waals surface area contributed by atoms with Crippen molar-refractivity contribution in [1.82, 2.24) is 10.2 Å². The molecular formula is C35H30F6N2O3S. The fourth-order valence-electron chi connectivity index (χ4n) is 5.65. The number of rotatable bonds is 9. The maximum atomic E-state index is 14.4. The molecule has 0 aliphatic carbocycles. The first-order valence-corrected chi connectivity index (χ1v) is 15.4. The second kappa shape index (κ2) is 13.4. The van der Waals surface area contributed by atoms with Crippen LogP contribution in [0.3, 0.4) is 0 Å². The van der Waals surface area contributed by atoms with Crippen LogP contribution in [0.25, 0.3) is 0 Å². The van der Waals surface area contributed by atoms with Gasteiger partial charge in [-0.05, 0) is 59.5 Å². The summed E-state index contributed by atoms with van der Waals surface area (Å²) in [7, 11) is 0. The zero-order chi connectivity index (χ0) is 34.0. The van der Waals surface area contributed by atoms with Crippen molar-refractivity contribution >= 4 is 23.6 Å². The molecule has 0 bridgehead atoms. The highest BCUT2D eigenvalue weighted by Crippen LogP contribution is 2.53. The topological polar surface area (TPSA) is 69.6 Å². The van der Waals surface area contributed by atoms with Crippen molar-refractivity contribution in [1.29, 1.82) is 0 Å². The van der Waals surface area contributed by atoms with E-state index in [1.807, 2.05) is 37.3 Å². The number of carbonyl (C=O) groups is 2. The number of halogens is 6. The van der Waals surface area contributed by atoms with Crippen LogP contribution in [0.4, 0.5) is 26.3 Å². The molecule has 0 saturated carbocycles. The van der Waals surface area contributed by atoms with Crippen LogP contribution >= 0.6 is 11.8 Å². The number of aryl methyl sites for hydroxylation is 1. The van der Waals surface area contributed by atoms with Crippen LogP contribution in [-0.2, 0) is 41.6 Å². The van der Waals surface area contributed by atoms with Crippen LogP contribution in [0.15, 0.2) is 102 Å². The monoisotopic (exact) mass is 672 g/mol. The Morgan fingerprint density at radius 3 is 2.00 bits per heavy atom. The molecule has 0 aromatic heterocycles. The van der Waals surface area contributed by atoms with Gasteiger partial charge in [-0.2, -0.15) is 26.3 Å². The zero-order valence-corrected chi connectivity index (χ0v) is 25.8. The minimum Gasteiger partial charge on any atom is -0.392 e. The summed E-state index contributed by atoms with van der Waals surface area (Å²) in [6.45, 7) is 1.08. The van der Waals surface area contributed by atoms with E-state index >= 15 is 0 Å². The van der Waals surface area contributed by atoms with Gasteiger partial charge in [-0.3, -0.25) is 9.59 Å². The Kier molecular flexibility index (Phi) is 9.74. The summed E-state index contributed by atoms with van der Waals surface area (Å²) in [5, 5.41) is 12.6. The molecule has 0 radical (unpaired) electrons. The zero-order valence-electron chi connectivity index (χ0n) is 25.0. The Morgan fingerprint density at radius 2 is 1.45 bits per heavy atom. The van der Waals surface area contributed by atoms with Crippen LogP contribution in [0.5, 0.6) is 0 Å². The third-order valence-corrected chi connectivity index (χ3v) is 9.39. The SMILES string of the molecule is Cc1ccc(S[C@]2(C(=O)NCc3ccccc3)CC(=O)N(Cc3cc(C(F)(F)F)cc(C(F)(F)F)c3)[C@@H]2c2ccc(CO)cc2)cc1. The summed E-state index contributed by atoms with van der Waals surface area (Å²) >= 11 is 1.11. The number of nitrogens with zero attached hydrogens (tertiary/aromatic N) is 1. The number of aliphatic hydroxyl groups is 1. The largest absolute Gasteiger partial charge is 0.416 e. The highest BCUT2D eigenvalue weighted by Gasteiger charge is 2.58. The maximum Gasteiger partial charge on any atom is 0.416 e. The highest BCUT2D eigenvalue weighted by atomic mass is 32.2. The smallest absolute Gasteiger partial charge is 0.392 e. The van der Waals surface area contributed by atoms with Gasteiger partial charge in [-0.15, -0.1) is 11.8 Å². The van der Waals surface area contributed by atoms with E-state index in [1.54, 1.807) is 48.5 Å². The van der Waals surface area contributed by atoms with Crippen molar-refractivity contribution in [2.75, 3.05) is 0 Å². The lowest BCUT2D eigenvalue weighted by molar-refractivity contribution is -0.143. The van der Waals surface area contributed by atoms with Gasteiger partial charge in [0.15, 0.2) is 0 Å². The first kappa shape index (κ1) is 34.1. The second-order valence-corrected chi connectivity index (χ2v) is 12.8. The van der Waals surface area contributed by atoms with Crippen molar-refractivity contribution in [2.45, 2.75) is 61.1 Å². The van der Waals surface area contributed by atoms with Crippen LogP contribution < -0.4 is 5.32 Å². The van der Waals surface area contributed by atoms with Crippen LogP contribution in [-0.4, -0.2) is 26.6 Å². The fourth-order valence-corrected chi connectivity index (χ4v) is 7.08. The van der Waals surface area contributed by atoms with E-state index in [0.717, 1.165) is 22.9 Å². The standard InChI is InChI=1S/C35H30F6N2O3S/c1-22-7-13-29(14-8-22)47-33(32(46)42-19-23-5-3-2-4-6-23)18-30(45)43(31(33)26-11-9-24(21-44)10-12-26)20-25-15-27(34(36,37)38)17-28(16-25)35(39,40)41/h2-17,31,44H,18-21H2,1H3,(H,42,46)/t31-,33-/m1/s1. The second-order valence-electron chi connectivity index (χ2n) is 11.4. The molecule has 2 atom stereocenters. The third kappa shape index (κ3) is 7.65. The van der Waals surface area contributed by atoms with Gasteiger partial charge in [0.05, 0.1) is 30.2 Å². The predicted molar refractivity (Wildman–Crippen MR) is 165 cm³/mol. The number of hydrogen-bond donors (Lipinski definition) is 2. The molecule has 5 rings (SSSR count). The first-order valence-electron chi connectivity index (χ1n) is 14.5. The molecule has 1 aliphatic heterocycles. The summed E-state index contributed by atoms with van der Waals surface area (Å²) in [4.78, 5) is 30.1. The van der Waals surface area contributed by atoms with Crippen molar-refractivity contribution in [2.24, 2.45) is 0 Å². The lowest BCUT2D eigenvalue weighted by atomic mass is 9.90. The number of carbonyl (C=O) groups excluding carboxylic acids is 2. The normalized spacial score (nSPS) is 18.4. The maximum absolute atomic E-state index is 14.4. The summed E-state index contributed by atoms with van der Waals surface area (Å²) in [6, 6.07) is 22.8. The van der Waals surface area contributed by atoms with Gasteiger partial charge in [0.1, 0.15) is 4.75 Å². The molecule has 246 valence electrons.